The fourth-order valence-electron chi connectivity index (χ4n) is 6.72. The van der Waals surface area contributed by atoms with E-state index in [0.29, 0.717) is 17.5 Å². The number of carbonyl (C=O) groups is 3. The summed E-state index contributed by atoms with van der Waals surface area (Å²) in [5.74, 6) is -3.64. The molecule has 3 fully saturated rings. The maximum atomic E-state index is 14.7. The van der Waals surface area contributed by atoms with Crippen LogP contribution in [0.4, 0.5) is 0 Å². The Morgan fingerprint density at radius 1 is 1.23 bits per heavy atom. The van der Waals surface area contributed by atoms with E-state index in [1.165, 1.54) is 16.7 Å². The lowest BCUT2D eigenvalue weighted by atomic mass is 9.71. The van der Waals surface area contributed by atoms with Gasteiger partial charge in [0.1, 0.15) is 18.2 Å². The highest BCUT2D eigenvalue weighted by atomic mass is 79.9. The number of hydrogen-bond donors (Lipinski definition) is 2. The molecule has 1 spiro atoms. The van der Waals surface area contributed by atoms with Gasteiger partial charge in [-0.3, -0.25) is 14.4 Å². The smallest absolute Gasteiger partial charge is 0.308 e. The highest BCUT2D eigenvalue weighted by Crippen LogP contribution is 2.68. The molecule has 6 rings (SSSR count). The maximum absolute atomic E-state index is 14.7. The van der Waals surface area contributed by atoms with E-state index in [9.17, 15) is 24.6 Å². The first-order chi connectivity index (χ1) is 19.3. The van der Waals surface area contributed by atoms with Gasteiger partial charge < -0.3 is 20.0 Å². The summed E-state index contributed by atoms with van der Waals surface area (Å²) < 4.78 is 0.655. The molecule has 2 N–H and O–H groups in total. The van der Waals surface area contributed by atoms with Crippen LogP contribution in [-0.4, -0.2) is 86.8 Å². The topological polar surface area (TPSA) is 129 Å². The van der Waals surface area contributed by atoms with Crippen LogP contribution in [0.3, 0.4) is 0 Å². The average molecular weight is 627 g/mol. The van der Waals surface area contributed by atoms with Crippen molar-refractivity contribution in [1.82, 2.24) is 24.8 Å². The van der Waals surface area contributed by atoms with Crippen LogP contribution in [0.15, 0.2) is 67.3 Å². The largest absolute Gasteiger partial charge is 0.481 e. The number of halogens is 1. The number of alkyl halides is 1. The molecule has 3 saturated heterocycles. The molecule has 7 atom stereocenters. The minimum Gasteiger partial charge on any atom is -0.481 e. The predicted molar refractivity (Wildman–Crippen MR) is 152 cm³/mol. The lowest BCUT2D eigenvalue weighted by Gasteiger charge is -2.39. The number of aliphatic hydroxyl groups excluding tert-OH is 1. The van der Waals surface area contributed by atoms with Crippen LogP contribution in [0, 0.1) is 11.8 Å². The molecule has 3 unspecified atom stereocenters. The van der Waals surface area contributed by atoms with Gasteiger partial charge >= 0.3 is 5.97 Å². The van der Waals surface area contributed by atoms with Crippen molar-refractivity contribution < 1.29 is 24.6 Å². The van der Waals surface area contributed by atoms with Crippen LogP contribution in [0.5, 0.6) is 0 Å². The summed E-state index contributed by atoms with van der Waals surface area (Å²) in [5, 5.41) is 28.9. The lowest BCUT2D eigenvalue weighted by Crippen LogP contribution is -2.56. The van der Waals surface area contributed by atoms with Crippen LogP contribution in [0.1, 0.15) is 18.0 Å². The molecule has 208 valence electrons. The van der Waals surface area contributed by atoms with Gasteiger partial charge in [-0.15, -0.1) is 23.4 Å². The molecule has 40 heavy (non-hydrogen) atoms. The number of nitrogens with zero attached hydrogens (tertiary/aromatic N) is 5. The number of fused-ring (bicyclic) bond motifs is 2. The number of carboxylic acid groups (broad SMARTS) is 1. The number of rotatable bonds is 9. The van der Waals surface area contributed by atoms with E-state index < -0.39 is 47.1 Å². The Hall–Kier alpha value is -3.22. The SMILES string of the molecule is C=CCN(Cn1nnc2ccccc21)C(=O)C1N([C@H](CO)c2ccccc2)C(=O)[C@@H]2[C@@H](C(=O)O)[C@@H]3SC12CC3Br. The Bertz CT molecular complexity index is 1490. The zero-order chi connectivity index (χ0) is 28.2. The van der Waals surface area contributed by atoms with E-state index in [4.69, 9.17) is 0 Å². The second-order valence-electron chi connectivity index (χ2n) is 10.4. The van der Waals surface area contributed by atoms with Crippen LogP contribution in [0.25, 0.3) is 11.0 Å². The van der Waals surface area contributed by atoms with Crippen molar-refractivity contribution in [1.29, 1.82) is 0 Å². The molecule has 3 aliphatic rings. The molecule has 0 radical (unpaired) electrons. The van der Waals surface area contributed by atoms with Crippen molar-refractivity contribution in [3.8, 4) is 0 Å². The Morgan fingerprint density at radius 3 is 2.65 bits per heavy atom. The zero-order valence-corrected chi connectivity index (χ0v) is 23.8. The molecule has 2 amide bonds. The van der Waals surface area contributed by atoms with Crippen molar-refractivity contribution >= 4 is 56.5 Å². The van der Waals surface area contributed by atoms with Crippen LogP contribution >= 0.6 is 27.7 Å². The van der Waals surface area contributed by atoms with Gasteiger partial charge in [0.2, 0.25) is 11.8 Å². The number of aliphatic hydroxyl groups is 1. The number of carboxylic acids is 1. The minimum atomic E-state index is -1.05. The fraction of sp³-hybridized carbons (Fsp3) is 0.393. The van der Waals surface area contributed by atoms with Crippen molar-refractivity contribution in [2.45, 2.75) is 40.0 Å². The van der Waals surface area contributed by atoms with Crippen LogP contribution in [-0.2, 0) is 21.1 Å². The number of aromatic nitrogens is 3. The summed E-state index contributed by atoms with van der Waals surface area (Å²) in [7, 11) is 0. The Balaban J connectivity index is 1.46. The summed E-state index contributed by atoms with van der Waals surface area (Å²) in [5.41, 5.74) is 2.11. The normalized spacial score (nSPS) is 29.5. The molecule has 10 nitrogen and oxygen atoms in total. The molecule has 2 aromatic carbocycles. The van der Waals surface area contributed by atoms with E-state index in [0.717, 1.165) is 5.52 Å². The number of likely N-dealkylation sites (tertiary alicyclic amines) is 1. The van der Waals surface area contributed by atoms with E-state index >= 15 is 0 Å². The second-order valence-corrected chi connectivity index (χ2v) is 13.1. The average Bonchev–Trinajstić information content (AvgIpc) is 3.67. The highest BCUT2D eigenvalue weighted by molar-refractivity contribution is 9.09. The number of thioether (sulfide) groups is 1. The second kappa shape index (κ2) is 10.3. The van der Waals surface area contributed by atoms with E-state index in [1.54, 1.807) is 27.8 Å². The molecule has 3 aliphatic heterocycles. The number of benzene rings is 2. The van der Waals surface area contributed by atoms with Gasteiger partial charge in [0.05, 0.1) is 34.7 Å². The van der Waals surface area contributed by atoms with Crippen molar-refractivity contribution in [3.05, 3.63) is 72.8 Å². The lowest BCUT2D eigenvalue weighted by molar-refractivity contribution is -0.150. The summed E-state index contributed by atoms with van der Waals surface area (Å²) in [6, 6.07) is 14.7. The van der Waals surface area contributed by atoms with Gasteiger partial charge in [-0.25, -0.2) is 4.68 Å². The summed E-state index contributed by atoms with van der Waals surface area (Å²) >= 11 is 5.09. The molecule has 1 aromatic heterocycles. The maximum Gasteiger partial charge on any atom is 0.308 e. The minimum absolute atomic E-state index is 0.0635. The van der Waals surface area contributed by atoms with E-state index in [1.807, 2.05) is 42.5 Å². The van der Waals surface area contributed by atoms with Crippen molar-refractivity contribution in [2.75, 3.05) is 13.2 Å². The Kier molecular flexibility index (Phi) is 6.96. The van der Waals surface area contributed by atoms with E-state index in [2.05, 4.69) is 32.8 Å². The third kappa shape index (κ3) is 3.99. The first-order valence-electron chi connectivity index (χ1n) is 13.0. The van der Waals surface area contributed by atoms with Crippen molar-refractivity contribution in [2.24, 2.45) is 11.8 Å². The van der Waals surface area contributed by atoms with E-state index in [-0.39, 0.29) is 29.2 Å². The van der Waals surface area contributed by atoms with Gasteiger partial charge in [0.25, 0.3) is 0 Å². The number of carbonyl (C=O) groups excluding carboxylic acids is 2. The number of amides is 2. The predicted octanol–water partition coefficient (Wildman–Crippen LogP) is 2.69. The quantitative estimate of drug-likeness (QED) is 0.274. The molecular weight excluding hydrogens is 598 g/mol. The number of hydrogen-bond acceptors (Lipinski definition) is 7. The van der Waals surface area contributed by atoms with Gasteiger partial charge in [0.15, 0.2) is 0 Å². The van der Waals surface area contributed by atoms with Gasteiger partial charge in [-0.05, 0) is 24.1 Å². The summed E-state index contributed by atoms with van der Waals surface area (Å²) in [6.07, 6.45) is 2.07. The highest BCUT2D eigenvalue weighted by Gasteiger charge is 2.76. The standard InChI is InChI=1S/C28H28BrN5O5S/c1-2-12-32(15-33-19-11-7-6-10-18(19)30-31-33)26(37)24-28-13-17(29)23(40-28)21(27(38)39)22(28)25(36)34(24)20(14-35)16-8-4-3-5-9-16/h2-11,17,20-24,35H,1,12-15H2,(H,38,39)/t17?,20-,21-,22+,23-,24?,28?/m1/s1. The molecule has 0 aliphatic carbocycles. The first kappa shape index (κ1) is 27.0. The molecule has 0 saturated carbocycles. The van der Waals surface area contributed by atoms with Crippen LogP contribution in [0.2, 0.25) is 0 Å². The Morgan fingerprint density at radius 2 is 1.95 bits per heavy atom. The summed E-state index contributed by atoms with van der Waals surface area (Å²) in [6.45, 7) is 3.67. The van der Waals surface area contributed by atoms with Crippen molar-refractivity contribution in [3.63, 3.8) is 0 Å². The third-order valence-electron chi connectivity index (χ3n) is 8.33. The van der Waals surface area contributed by atoms with Gasteiger partial charge in [-0.2, -0.15) is 0 Å². The molecule has 2 bridgehead atoms. The monoisotopic (exact) mass is 625 g/mol. The number of aliphatic carboxylic acids is 1. The van der Waals surface area contributed by atoms with Gasteiger partial charge in [-0.1, -0.05) is 69.7 Å². The third-order valence-corrected chi connectivity index (χ3v) is 11.5. The summed E-state index contributed by atoms with van der Waals surface area (Å²) in [4.78, 5) is 44.3. The molecule has 12 heteroatoms. The zero-order valence-electron chi connectivity index (χ0n) is 21.4. The molecule has 3 aromatic rings. The molecular formula is C28H28BrN5O5S. The molecule has 4 heterocycles. The van der Waals surface area contributed by atoms with Gasteiger partial charge in [0, 0.05) is 16.6 Å². The Labute approximate surface area is 243 Å². The number of para-hydroxylation sites is 1. The first-order valence-corrected chi connectivity index (χ1v) is 14.8. The fourth-order valence-corrected chi connectivity index (χ4v) is 10.3. The van der Waals surface area contributed by atoms with Crippen LogP contribution < -0.4 is 0 Å².